The minimum Gasteiger partial charge on any atom is -0.394 e. The topological polar surface area (TPSA) is 129 Å². The minimum absolute atomic E-state index is 0.0301. The molecule has 2 aromatic carbocycles. The van der Waals surface area contributed by atoms with Gasteiger partial charge in [-0.25, -0.2) is 4.68 Å². The summed E-state index contributed by atoms with van der Waals surface area (Å²) in [6.45, 7) is 3.84. The Hall–Kier alpha value is -3.44. The van der Waals surface area contributed by atoms with Gasteiger partial charge in [-0.15, -0.1) is 16.9 Å². The molecule has 1 aromatic heterocycles. The number of carbonyl (C=O) groups excluding carboxylic acids is 3. The van der Waals surface area contributed by atoms with E-state index in [2.05, 4.69) is 20.9 Å². The lowest BCUT2D eigenvalue weighted by Gasteiger charge is -2.39. The monoisotopic (exact) mass is 562 g/mol. The largest absolute Gasteiger partial charge is 0.394 e. The number of hydrogen-bond acceptors (Lipinski definition) is 7. The summed E-state index contributed by atoms with van der Waals surface area (Å²) < 4.78 is 0.882. The highest BCUT2D eigenvalue weighted by atomic mass is 32.2. The molecule has 0 saturated carbocycles. The number of aromatic nitrogens is 3. The first-order valence-electron chi connectivity index (χ1n) is 13.9. The lowest BCUT2D eigenvalue weighted by Crippen LogP contribution is -2.58. The Morgan fingerprint density at radius 3 is 2.65 bits per heavy atom. The Labute approximate surface area is 236 Å². The highest BCUT2D eigenvalue weighted by Crippen LogP contribution is 2.66. The molecule has 6 rings (SSSR count). The molecule has 11 heteroatoms. The number of likely N-dealkylation sites (tertiary alicyclic amines) is 1. The molecule has 3 aliphatic rings. The summed E-state index contributed by atoms with van der Waals surface area (Å²) in [6.07, 6.45) is 2.15. The van der Waals surface area contributed by atoms with Crippen LogP contribution in [0.2, 0.25) is 0 Å². The summed E-state index contributed by atoms with van der Waals surface area (Å²) in [5, 5.41) is 24.8. The van der Waals surface area contributed by atoms with E-state index in [0.717, 1.165) is 23.9 Å². The van der Waals surface area contributed by atoms with Crippen molar-refractivity contribution in [1.82, 2.24) is 25.2 Å². The molecule has 3 aromatic rings. The summed E-state index contributed by atoms with van der Waals surface area (Å²) in [5.74, 6) is -1.92. The van der Waals surface area contributed by atoms with Gasteiger partial charge in [-0.1, -0.05) is 55.8 Å². The lowest BCUT2D eigenvalue weighted by atomic mass is 9.70. The van der Waals surface area contributed by atoms with Gasteiger partial charge in [0, 0.05) is 10.9 Å². The van der Waals surface area contributed by atoms with Crippen molar-refractivity contribution in [1.29, 1.82) is 0 Å². The molecule has 1 spiro atoms. The van der Waals surface area contributed by atoms with E-state index in [-0.39, 0.29) is 42.2 Å². The summed E-state index contributed by atoms with van der Waals surface area (Å²) in [4.78, 5) is 43.7. The zero-order chi connectivity index (χ0) is 28.0. The number of aliphatic hydroxyl groups excluding tert-OH is 1. The third-order valence-corrected chi connectivity index (χ3v) is 11.0. The van der Waals surface area contributed by atoms with Gasteiger partial charge in [0.1, 0.15) is 18.2 Å². The molecule has 10 nitrogen and oxygen atoms in total. The fourth-order valence-electron chi connectivity index (χ4n) is 6.89. The van der Waals surface area contributed by atoms with Crippen molar-refractivity contribution in [3.05, 3.63) is 54.6 Å². The normalized spacial score (nSPS) is 28.5. The van der Waals surface area contributed by atoms with Crippen molar-refractivity contribution in [2.24, 2.45) is 17.8 Å². The van der Waals surface area contributed by atoms with Crippen LogP contribution < -0.4 is 10.6 Å². The number of para-hydroxylation sites is 2. The Kier molecular flexibility index (Phi) is 7.03. The summed E-state index contributed by atoms with van der Waals surface area (Å²) in [7, 11) is 0. The third kappa shape index (κ3) is 4.17. The molecule has 40 heavy (non-hydrogen) atoms. The maximum atomic E-state index is 14.3. The number of nitrogens with one attached hydrogen (secondary N) is 2. The van der Waals surface area contributed by atoms with E-state index in [4.69, 9.17) is 0 Å². The molecule has 3 aliphatic heterocycles. The number of rotatable bonds is 9. The number of hydrogen-bond donors (Lipinski definition) is 3. The van der Waals surface area contributed by atoms with Crippen LogP contribution in [0.5, 0.6) is 0 Å². The van der Waals surface area contributed by atoms with Gasteiger partial charge in [0.05, 0.1) is 34.7 Å². The van der Waals surface area contributed by atoms with Crippen LogP contribution in [-0.2, 0) is 21.1 Å². The molecule has 0 radical (unpaired) electrons. The molecule has 210 valence electrons. The van der Waals surface area contributed by atoms with Gasteiger partial charge < -0.3 is 20.6 Å². The first kappa shape index (κ1) is 26.8. The molecule has 2 bridgehead atoms. The zero-order valence-electron chi connectivity index (χ0n) is 22.6. The molecule has 3 N–H and O–H groups in total. The van der Waals surface area contributed by atoms with E-state index in [0.29, 0.717) is 12.1 Å². The molecule has 4 heterocycles. The second-order valence-corrected chi connectivity index (χ2v) is 12.7. The standard InChI is InChI=1S/C29H34N6O4S/c1-3-17(2)21(15-36)35-25(27(38)30-16-34-20-12-8-7-11-19(20)32-33-34)29-14-13-22(40-29)23(24(29)28(35)39)26(37)31-18-9-5-4-6-10-18/h4-12,17,21-25,36H,3,13-16H2,1-2H3,(H,30,38)(H,31,37)/t17-,21-,22+,23-,24-,25?,29?/m0/s1. The van der Waals surface area contributed by atoms with Crippen LogP contribution in [0.25, 0.3) is 11.0 Å². The van der Waals surface area contributed by atoms with Crippen LogP contribution in [0.1, 0.15) is 33.1 Å². The number of benzene rings is 2. The number of anilines is 1. The van der Waals surface area contributed by atoms with Crippen molar-refractivity contribution in [3.8, 4) is 0 Å². The Morgan fingerprint density at radius 1 is 1.15 bits per heavy atom. The van der Waals surface area contributed by atoms with E-state index in [1.807, 2.05) is 68.4 Å². The maximum Gasteiger partial charge on any atom is 0.245 e. The van der Waals surface area contributed by atoms with Crippen molar-refractivity contribution in [3.63, 3.8) is 0 Å². The van der Waals surface area contributed by atoms with E-state index in [9.17, 15) is 19.5 Å². The molecule has 3 saturated heterocycles. The second-order valence-electron chi connectivity index (χ2n) is 11.1. The van der Waals surface area contributed by atoms with E-state index in [1.54, 1.807) is 21.3 Å². The fourth-order valence-corrected chi connectivity index (χ4v) is 9.10. The molecule has 3 fully saturated rings. The average molecular weight is 563 g/mol. The second kappa shape index (κ2) is 10.5. The number of thioether (sulfide) groups is 1. The number of nitrogens with zero attached hydrogens (tertiary/aromatic N) is 4. The van der Waals surface area contributed by atoms with Gasteiger partial charge in [0.25, 0.3) is 0 Å². The van der Waals surface area contributed by atoms with Crippen LogP contribution >= 0.6 is 11.8 Å². The minimum atomic E-state index is -0.810. The van der Waals surface area contributed by atoms with Crippen molar-refractivity contribution in [2.75, 3.05) is 11.9 Å². The lowest BCUT2D eigenvalue weighted by molar-refractivity contribution is -0.143. The average Bonchev–Trinajstić information content (AvgIpc) is 3.72. The van der Waals surface area contributed by atoms with Gasteiger partial charge in [0.2, 0.25) is 17.7 Å². The third-order valence-electron chi connectivity index (χ3n) is 9.00. The van der Waals surface area contributed by atoms with Gasteiger partial charge in [-0.2, -0.15) is 0 Å². The number of fused-ring (bicyclic) bond motifs is 2. The van der Waals surface area contributed by atoms with Crippen molar-refractivity contribution in [2.45, 2.75) is 61.9 Å². The smallest absolute Gasteiger partial charge is 0.245 e. The SMILES string of the molecule is CC[C@H](C)[C@H](CO)N1C(=O)[C@@H]2[C@@H](C(=O)Nc3ccccc3)[C@H]3CCC2(S3)C1C(=O)NCn1nnc2ccccc21. The Balaban J connectivity index is 1.33. The Bertz CT molecular complexity index is 1430. The van der Waals surface area contributed by atoms with Crippen LogP contribution in [0, 0.1) is 17.8 Å². The summed E-state index contributed by atoms with van der Waals surface area (Å²) in [6, 6.07) is 15.4. The van der Waals surface area contributed by atoms with Crippen molar-refractivity contribution >= 4 is 46.2 Å². The molecular formula is C29H34N6O4S. The number of aliphatic hydroxyl groups is 1. The van der Waals surface area contributed by atoms with Crippen LogP contribution in [0.15, 0.2) is 54.6 Å². The molecule has 7 atom stereocenters. The highest BCUT2D eigenvalue weighted by molar-refractivity contribution is 8.02. The molecule has 3 amide bonds. The Morgan fingerprint density at radius 2 is 1.90 bits per heavy atom. The van der Waals surface area contributed by atoms with E-state index < -0.39 is 28.7 Å². The molecule has 0 aliphatic carbocycles. The molecular weight excluding hydrogens is 528 g/mol. The van der Waals surface area contributed by atoms with E-state index in [1.165, 1.54) is 0 Å². The zero-order valence-corrected chi connectivity index (χ0v) is 23.4. The summed E-state index contributed by atoms with van der Waals surface area (Å²) >= 11 is 1.61. The summed E-state index contributed by atoms with van der Waals surface area (Å²) in [5.41, 5.74) is 2.20. The predicted molar refractivity (Wildman–Crippen MR) is 152 cm³/mol. The number of amides is 3. The van der Waals surface area contributed by atoms with Crippen molar-refractivity contribution < 1.29 is 19.5 Å². The fraction of sp³-hybridized carbons (Fsp3) is 0.483. The number of carbonyl (C=O) groups is 3. The van der Waals surface area contributed by atoms with Gasteiger partial charge in [-0.05, 0) is 43.0 Å². The van der Waals surface area contributed by atoms with Gasteiger partial charge in [-0.3, -0.25) is 14.4 Å². The molecule has 2 unspecified atom stereocenters. The quantitative estimate of drug-likeness (QED) is 0.366. The highest BCUT2D eigenvalue weighted by Gasteiger charge is 2.74. The maximum absolute atomic E-state index is 14.3. The predicted octanol–water partition coefficient (Wildman–Crippen LogP) is 2.64. The van der Waals surface area contributed by atoms with Gasteiger partial charge in [0.15, 0.2) is 0 Å². The van der Waals surface area contributed by atoms with Crippen LogP contribution in [-0.4, -0.2) is 71.4 Å². The first-order valence-corrected chi connectivity index (χ1v) is 14.8. The van der Waals surface area contributed by atoms with Gasteiger partial charge >= 0.3 is 0 Å². The van der Waals surface area contributed by atoms with Crippen LogP contribution in [0.3, 0.4) is 0 Å². The first-order chi connectivity index (χ1) is 19.4. The van der Waals surface area contributed by atoms with Crippen LogP contribution in [0.4, 0.5) is 5.69 Å². The van der Waals surface area contributed by atoms with E-state index >= 15 is 0 Å².